The molecule has 0 atom stereocenters. The van der Waals surface area contributed by atoms with Gasteiger partial charge in [0.1, 0.15) is 0 Å². The fourth-order valence-electron chi connectivity index (χ4n) is 1.77. The van der Waals surface area contributed by atoms with E-state index in [1.165, 1.54) is 0 Å². The summed E-state index contributed by atoms with van der Waals surface area (Å²) < 4.78 is 0. The molecule has 4 nitrogen and oxygen atoms in total. The highest BCUT2D eigenvalue weighted by molar-refractivity contribution is 5.91. The van der Waals surface area contributed by atoms with Gasteiger partial charge >= 0.3 is 0 Å². The first-order valence-electron chi connectivity index (χ1n) is 5.17. The van der Waals surface area contributed by atoms with Crippen LogP contribution in [0.15, 0.2) is 24.5 Å². The van der Waals surface area contributed by atoms with Crippen LogP contribution in [0.25, 0.3) is 0 Å². The molecular weight excluding hydrogens is 190 g/mol. The summed E-state index contributed by atoms with van der Waals surface area (Å²) in [6.07, 6.45) is 6.74. The summed E-state index contributed by atoms with van der Waals surface area (Å²) >= 11 is 0. The SMILES string of the molecule is NC1(CC(=O)Nc2cccnc2)CCC1. The second-order valence-corrected chi connectivity index (χ2v) is 4.18. The van der Waals surface area contributed by atoms with Crippen LogP contribution in [0.2, 0.25) is 0 Å². The van der Waals surface area contributed by atoms with Crippen molar-refractivity contribution in [2.75, 3.05) is 5.32 Å². The van der Waals surface area contributed by atoms with Gasteiger partial charge in [-0.05, 0) is 31.4 Å². The fourth-order valence-corrected chi connectivity index (χ4v) is 1.77. The van der Waals surface area contributed by atoms with Gasteiger partial charge in [0, 0.05) is 18.2 Å². The second kappa shape index (κ2) is 3.98. The summed E-state index contributed by atoms with van der Waals surface area (Å²) in [5, 5.41) is 2.78. The van der Waals surface area contributed by atoms with Crippen LogP contribution in [0.1, 0.15) is 25.7 Å². The molecule has 1 fully saturated rings. The zero-order chi connectivity index (χ0) is 10.7. The molecule has 1 aromatic heterocycles. The first kappa shape index (κ1) is 10.1. The minimum atomic E-state index is -0.258. The molecule has 2 rings (SSSR count). The van der Waals surface area contributed by atoms with Gasteiger partial charge in [0.2, 0.25) is 5.91 Å². The number of nitrogens with two attached hydrogens (primary N) is 1. The van der Waals surface area contributed by atoms with Gasteiger partial charge < -0.3 is 11.1 Å². The highest BCUT2D eigenvalue weighted by atomic mass is 16.1. The normalized spacial score (nSPS) is 17.9. The third kappa shape index (κ3) is 2.53. The van der Waals surface area contributed by atoms with Crippen molar-refractivity contribution in [1.29, 1.82) is 0 Å². The third-order valence-corrected chi connectivity index (χ3v) is 2.81. The number of anilines is 1. The predicted molar refractivity (Wildman–Crippen MR) is 58.3 cm³/mol. The van der Waals surface area contributed by atoms with Gasteiger partial charge in [-0.15, -0.1) is 0 Å². The molecule has 0 aromatic carbocycles. The summed E-state index contributed by atoms with van der Waals surface area (Å²) in [5.41, 5.74) is 6.45. The molecule has 80 valence electrons. The first-order chi connectivity index (χ1) is 7.18. The Bertz CT molecular complexity index is 346. The Morgan fingerprint density at radius 3 is 2.93 bits per heavy atom. The van der Waals surface area contributed by atoms with Gasteiger partial charge in [0.25, 0.3) is 0 Å². The van der Waals surface area contributed by atoms with E-state index in [0.717, 1.165) is 24.9 Å². The second-order valence-electron chi connectivity index (χ2n) is 4.18. The fraction of sp³-hybridized carbons (Fsp3) is 0.455. The number of nitrogens with zero attached hydrogens (tertiary/aromatic N) is 1. The van der Waals surface area contributed by atoms with E-state index in [0.29, 0.717) is 6.42 Å². The molecule has 0 saturated heterocycles. The summed E-state index contributed by atoms with van der Waals surface area (Å²) in [5.74, 6) is -0.0230. The maximum atomic E-state index is 11.6. The van der Waals surface area contributed by atoms with Gasteiger partial charge in [-0.2, -0.15) is 0 Å². The molecule has 1 heterocycles. The summed E-state index contributed by atoms with van der Waals surface area (Å²) in [7, 11) is 0. The van der Waals surface area contributed by atoms with E-state index in [4.69, 9.17) is 5.73 Å². The highest BCUT2D eigenvalue weighted by Crippen LogP contribution is 2.32. The number of carbonyl (C=O) groups excluding carboxylic acids is 1. The standard InChI is InChI=1S/C11H15N3O/c12-11(4-2-5-11)7-10(15)14-9-3-1-6-13-8-9/h1,3,6,8H,2,4-5,7,12H2,(H,14,15). The Balaban J connectivity index is 1.87. The molecule has 0 bridgehead atoms. The van der Waals surface area contributed by atoms with E-state index < -0.39 is 0 Å². The lowest BCUT2D eigenvalue weighted by Gasteiger charge is -2.37. The van der Waals surface area contributed by atoms with E-state index in [2.05, 4.69) is 10.3 Å². The van der Waals surface area contributed by atoms with Gasteiger partial charge in [-0.1, -0.05) is 0 Å². The number of carbonyl (C=O) groups is 1. The molecule has 4 heteroatoms. The Kier molecular flexibility index (Phi) is 2.68. The number of aromatic nitrogens is 1. The maximum absolute atomic E-state index is 11.6. The smallest absolute Gasteiger partial charge is 0.226 e. The lowest BCUT2D eigenvalue weighted by atomic mass is 9.75. The van der Waals surface area contributed by atoms with Crippen LogP contribution in [-0.2, 0) is 4.79 Å². The monoisotopic (exact) mass is 205 g/mol. The number of amides is 1. The first-order valence-corrected chi connectivity index (χ1v) is 5.17. The lowest BCUT2D eigenvalue weighted by Crippen LogP contribution is -2.48. The van der Waals surface area contributed by atoms with Crippen LogP contribution in [0, 0.1) is 0 Å². The Hall–Kier alpha value is -1.42. The van der Waals surface area contributed by atoms with Crippen molar-refractivity contribution >= 4 is 11.6 Å². The van der Waals surface area contributed by atoms with Crippen molar-refractivity contribution in [2.45, 2.75) is 31.2 Å². The molecule has 15 heavy (non-hydrogen) atoms. The van der Waals surface area contributed by atoms with Crippen molar-refractivity contribution in [3.8, 4) is 0 Å². The predicted octanol–water partition coefficient (Wildman–Crippen LogP) is 1.29. The summed E-state index contributed by atoms with van der Waals surface area (Å²) in [6, 6.07) is 3.60. The van der Waals surface area contributed by atoms with Crippen molar-refractivity contribution in [1.82, 2.24) is 4.98 Å². The van der Waals surface area contributed by atoms with Crippen LogP contribution in [0.5, 0.6) is 0 Å². The van der Waals surface area contributed by atoms with Crippen LogP contribution < -0.4 is 11.1 Å². The third-order valence-electron chi connectivity index (χ3n) is 2.81. The molecular formula is C11H15N3O. The summed E-state index contributed by atoms with van der Waals surface area (Å²) in [4.78, 5) is 15.5. The largest absolute Gasteiger partial charge is 0.325 e. The quantitative estimate of drug-likeness (QED) is 0.781. The minimum Gasteiger partial charge on any atom is -0.325 e. The van der Waals surface area contributed by atoms with Gasteiger partial charge in [-0.25, -0.2) is 0 Å². The van der Waals surface area contributed by atoms with E-state index in [1.54, 1.807) is 18.5 Å². The molecule has 1 saturated carbocycles. The summed E-state index contributed by atoms with van der Waals surface area (Å²) in [6.45, 7) is 0. The molecule has 0 unspecified atom stereocenters. The zero-order valence-electron chi connectivity index (χ0n) is 8.57. The molecule has 1 amide bonds. The minimum absolute atomic E-state index is 0.0230. The number of nitrogens with one attached hydrogen (secondary N) is 1. The number of hydrogen-bond donors (Lipinski definition) is 2. The van der Waals surface area contributed by atoms with Crippen molar-refractivity contribution in [3.63, 3.8) is 0 Å². The molecule has 3 N–H and O–H groups in total. The lowest BCUT2D eigenvalue weighted by molar-refractivity contribution is -0.118. The number of rotatable bonds is 3. The number of pyridine rings is 1. The average molecular weight is 205 g/mol. The maximum Gasteiger partial charge on any atom is 0.226 e. The zero-order valence-corrected chi connectivity index (χ0v) is 8.57. The molecule has 0 radical (unpaired) electrons. The molecule has 1 aromatic rings. The topological polar surface area (TPSA) is 68.0 Å². The molecule has 0 spiro atoms. The van der Waals surface area contributed by atoms with Crippen molar-refractivity contribution in [3.05, 3.63) is 24.5 Å². The van der Waals surface area contributed by atoms with Crippen LogP contribution in [-0.4, -0.2) is 16.4 Å². The number of hydrogen-bond acceptors (Lipinski definition) is 3. The van der Waals surface area contributed by atoms with E-state index in [-0.39, 0.29) is 11.4 Å². The van der Waals surface area contributed by atoms with Gasteiger partial charge in [0.15, 0.2) is 0 Å². The average Bonchev–Trinajstić information content (AvgIpc) is 2.16. The Labute approximate surface area is 88.9 Å². The van der Waals surface area contributed by atoms with Gasteiger partial charge in [0.05, 0.1) is 11.9 Å². The van der Waals surface area contributed by atoms with Gasteiger partial charge in [-0.3, -0.25) is 9.78 Å². The van der Waals surface area contributed by atoms with E-state index in [1.807, 2.05) is 6.07 Å². The van der Waals surface area contributed by atoms with Crippen LogP contribution >= 0.6 is 0 Å². The molecule has 1 aliphatic rings. The van der Waals surface area contributed by atoms with E-state index in [9.17, 15) is 4.79 Å². The van der Waals surface area contributed by atoms with Crippen molar-refractivity contribution < 1.29 is 4.79 Å². The Morgan fingerprint density at radius 2 is 2.40 bits per heavy atom. The van der Waals surface area contributed by atoms with Crippen LogP contribution in [0.4, 0.5) is 5.69 Å². The van der Waals surface area contributed by atoms with E-state index >= 15 is 0 Å². The Morgan fingerprint density at radius 1 is 1.60 bits per heavy atom. The van der Waals surface area contributed by atoms with Crippen molar-refractivity contribution in [2.24, 2.45) is 5.73 Å². The highest BCUT2D eigenvalue weighted by Gasteiger charge is 2.34. The molecule has 0 aliphatic heterocycles. The van der Waals surface area contributed by atoms with Crippen LogP contribution in [0.3, 0.4) is 0 Å². The molecule has 1 aliphatic carbocycles.